The predicted octanol–water partition coefficient (Wildman–Crippen LogP) is 3.35. The summed E-state index contributed by atoms with van der Waals surface area (Å²) in [6.07, 6.45) is 4.10. The molecule has 0 amide bonds. The molecule has 0 spiro atoms. The van der Waals surface area contributed by atoms with E-state index in [0.29, 0.717) is 30.3 Å². The van der Waals surface area contributed by atoms with E-state index in [2.05, 4.69) is 17.1 Å². The standard InChI is InChI=1S/C10H9NO2.C9H11NO/c1-7-4-8(6-11)10-9(5-7)12-2-3-13-10;1-7-5-8-3-2-4-11-9(8)6-10-7/h4-5H,2-3H2,1H3;5-6H,2-4H2,1H3. The summed E-state index contributed by atoms with van der Waals surface area (Å²) in [5.41, 5.74) is 3.95. The number of aryl methyl sites for hydroxylation is 3. The molecular weight excluding hydrogens is 304 g/mol. The zero-order valence-electron chi connectivity index (χ0n) is 14.0. The Hall–Kier alpha value is -2.74. The van der Waals surface area contributed by atoms with Crippen LogP contribution in [0.3, 0.4) is 0 Å². The normalized spacial score (nSPS) is 14.4. The van der Waals surface area contributed by atoms with E-state index in [-0.39, 0.29) is 0 Å². The largest absolute Gasteiger partial charge is 0.492 e. The first-order valence-electron chi connectivity index (χ1n) is 8.06. The van der Waals surface area contributed by atoms with Crippen molar-refractivity contribution in [3.8, 4) is 23.3 Å². The molecule has 124 valence electrons. The van der Waals surface area contributed by atoms with Crippen LogP contribution in [0.15, 0.2) is 24.4 Å². The van der Waals surface area contributed by atoms with Crippen molar-refractivity contribution < 1.29 is 14.2 Å². The molecule has 0 saturated heterocycles. The third-order valence-electron chi connectivity index (χ3n) is 3.84. The number of aromatic nitrogens is 1. The van der Waals surface area contributed by atoms with Crippen LogP contribution in [0.1, 0.15) is 28.8 Å². The minimum absolute atomic E-state index is 0.519. The molecule has 2 aromatic rings. The highest BCUT2D eigenvalue weighted by Gasteiger charge is 2.16. The molecule has 0 radical (unpaired) electrons. The van der Waals surface area contributed by atoms with Gasteiger partial charge in [0.2, 0.25) is 0 Å². The van der Waals surface area contributed by atoms with Crippen LogP contribution in [0.4, 0.5) is 0 Å². The van der Waals surface area contributed by atoms with Crippen molar-refractivity contribution in [3.05, 3.63) is 46.8 Å². The third kappa shape index (κ3) is 3.60. The first-order valence-corrected chi connectivity index (χ1v) is 8.06. The Morgan fingerprint density at radius 1 is 1.00 bits per heavy atom. The molecule has 0 fully saturated rings. The summed E-state index contributed by atoms with van der Waals surface area (Å²) in [4.78, 5) is 4.17. The number of hydrogen-bond donors (Lipinski definition) is 0. The first kappa shape index (κ1) is 16.1. The Kier molecular flexibility index (Phi) is 4.85. The van der Waals surface area contributed by atoms with Gasteiger partial charge in [-0.3, -0.25) is 4.98 Å². The van der Waals surface area contributed by atoms with Gasteiger partial charge in [-0.15, -0.1) is 0 Å². The van der Waals surface area contributed by atoms with E-state index in [0.717, 1.165) is 36.5 Å². The van der Waals surface area contributed by atoms with Gasteiger partial charge in [-0.05, 0) is 56.0 Å². The Bertz CT molecular complexity index is 781. The van der Waals surface area contributed by atoms with Crippen LogP contribution >= 0.6 is 0 Å². The van der Waals surface area contributed by atoms with Crippen molar-refractivity contribution >= 4 is 0 Å². The molecule has 2 aliphatic heterocycles. The minimum Gasteiger partial charge on any atom is -0.492 e. The van der Waals surface area contributed by atoms with E-state index >= 15 is 0 Å². The summed E-state index contributed by atoms with van der Waals surface area (Å²) in [5, 5.41) is 8.83. The van der Waals surface area contributed by atoms with Gasteiger partial charge in [0.25, 0.3) is 0 Å². The van der Waals surface area contributed by atoms with E-state index < -0.39 is 0 Å². The maximum absolute atomic E-state index is 8.83. The predicted molar refractivity (Wildman–Crippen MR) is 89.7 cm³/mol. The zero-order chi connectivity index (χ0) is 16.9. The Morgan fingerprint density at radius 3 is 2.62 bits per heavy atom. The number of pyridine rings is 1. The van der Waals surface area contributed by atoms with Gasteiger partial charge in [-0.1, -0.05) is 0 Å². The van der Waals surface area contributed by atoms with Gasteiger partial charge < -0.3 is 14.2 Å². The molecule has 2 aliphatic rings. The van der Waals surface area contributed by atoms with Crippen LogP contribution in [0.25, 0.3) is 0 Å². The molecule has 1 aromatic carbocycles. The molecular formula is C19H20N2O3. The fourth-order valence-corrected chi connectivity index (χ4v) is 2.75. The van der Waals surface area contributed by atoms with Crippen LogP contribution in [0, 0.1) is 25.2 Å². The second-order valence-corrected chi connectivity index (χ2v) is 5.83. The Labute approximate surface area is 141 Å². The number of hydrogen-bond acceptors (Lipinski definition) is 5. The van der Waals surface area contributed by atoms with Crippen LogP contribution < -0.4 is 14.2 Å². The second kappa shape index (κ2) is 7.22. The van der Waals surface area contributed by atoms with Crippen molar-refractivity contribution in [2.45, 2.75) is 26.7 Å². The van der Waals surface area contributed by atoms with Gasteiger partial charge in [-0.25, -0.2) is 0 Å². The van der Waals surface area contributed by atoms with Gasteiger partial charge in [-0.2, -0.15) is 5.26 Å². The monoisotopic (exact) mass is 324 g/mol. The molecule has 0 N–H and O–H groups in total. The van der Waals surface area contributed by atoms with Crippen LogP contribution in [0.5, 0.6) is 17.2 Å². The molecule has 24 heavy (non-hydrogen) atoms. The summed E-state index contributed by atoms with van der Waals surface area (Å²) in [6, 6.07) is 7.88. The van der Waals surface area contributed by atoms with Gasteiger partial charge >= 0.3 is 0 Å². The zero-order valence-corrected chi connectivity index (χ0v) is 14.0. The van der Waals surface area contributed by atoms with Gasteiger partial charge in [0, 0.05) is 5.69 Å². The number of fused-ring (bicyclic) bond motifs is 2. The molecule has 0 atom stereocenters. The van der Waals surface area contributed by atoms with Crippen molar-refractivity contribution in [2.24, 2.45) is 0 Å². The van der Waals surface area contributed by atoms with E-state index in [9.17, 15) is 0 Å². The maximum Gasteiger partial charge on any atom is 0.179 e. The summed E-state index contributed by atoms with van der Waals surface area (Å²) >= 11 is 0. The van der Waals surface area contributed by atoms with Crippen LogP contribution in [0.2, 0.25) is 0 Å². The summed E-state index contributed by atoms with van der Waals surface area (Å²) in [6.45, 7) is 5.86. The van der Waals surface area contributed by atoms with Crippen molar-refractivity contribution in [1.29, 1.82) is 5.26 Å². The highest BCUT2D eigenvalue weighted by molar-refractivity contribution is 5.55. The van der Waals surface area contributed by atoms with E-state index in [1.807, 2.05) is 26.1 Å². The topological polar surface area (TPSA) is 64.4 Å². The van der Waals surface area contributed by atoms with E-state index in [1.54, 1.807) is 6.07 Å². The highest BCUT2D eigenvalue weighted by atomic mass is 16.6. The highest BCUT2D eigenvalue weighted by Crippen LogP contribution is 2.34. The SMILES string of the molecule is Cc1cc(C#N)c2c(c1)OCCO2.Cc1cc2c(cn1)OCCC2. The van der Waals surface area contributed by atoms with E-state index in [1.165, 1.54) is 5.56 Å². The van der Waals surface area contributed by atoms with Crippen molar-refractivity contribution in [2.75, 3.05) is 19.8 Å². The van der Waals surface area contributed by atoms with Gasteiger partial charge in [0.1, 0.15) is 25.0 Å². The summed E-state index contributed by atoms with van der Waals surface area (Å²) in [5.74, 6) is 2.24. The number of ether oxygens (including phenoxy) is 3. The lowest BCUT2D eigenvalue weighted by molar-refractivity contribution is 0.171. The lowest BCUT2D eigenvalue weighted by Crippen LogP contribution is -2.16. The lowest BCUT2D eigenvalue weighted by atomic mass is 10.1. The smallest absolute Gasteiger partial charge is 0.179 e. The molecule has 1 aromatic heterocycles. The fourth-order valence-electron chi connectivity index (χ4n) is 2.75. The third-order valence-corrected chi connectivity index (χ3v) is 3.84. The van der Waals surface area contributed by atoms with Gasteiger partial charge in [0.15, 0.2) is 11.5 Å². The second-order valence-electron chi connectivity index (χ2n) is 5.83. The number of nitrogens with zero attached hydrogens (tertiary/aromatic N) is 2. The molecule has 5 heteroatoms. The van der Waals surface area contributed by atoms with Gasteiger partial charge in [0.05, 0.1) is 18.4 Å². The number of nitriles is 1. The quantitative estimate of drug-likeness (QED) is 0.743. The summed E-state index contributed by atoms with van der Waals surface area (Å²) < 4.78 is 16.1. The average Bonchev–Trinajstić information content (AvgIpc) is 2.61. The summed E-state index contributed by atoms with van der Waals surface area (Å²) in [7, 11) is 0. The van der Waals surface area contributed by atoms with Crippen LogP contribution in [-0.4, -0.2) is 24.8 Å². The molecule has 0 unspecified atom stereocenters. The molecule has 0 aliphatic carbocycles. The Morgan fingerprint density at radius 2 is 1.79 bits per heavy atom. The number of rotatable bonds is 0. The molecule has 0 saturated carbocycles. The molecule has 5 nitrogen and oxygen atoms in total. The lowest BCUT2D eigenvalue weighted by Gasteiger charge is -2.19. The van der Waals surface area contributed by atoms with Crippen LogP contribution in [-0.2, 0) is 6.42 Å². The van der Waals surface area contributed by atoms with E-state index in [4.69, 9.17) is 19.5 Å². The van der Waals surface area contributed by atoms with Crippen molar-refractivity contribution in [1.82, 2.24) is 4.98 Å². The maximum atomic E-state index is 8.83. The average molecular weight is 324 g/mol. The fraction of sp³-hybridized carbons (Fsp3) is 0.368. The Balaban J connectivity index is 0.000000143. The first-order chi connectivity index (χ1) is 11.7. The molecule has 3 heterocycles. The minimum atomic E-state index is 0.519. The van der Waals surface area contributed by atoms with Crippen molar-refractivity contribution in [3.63, 3.8) is 0 Å². The molecule has 0 bridgehead atoms. The molecule has 4 rings (SSSR count). The number of benzene rings is 1.